The highest BCUT2D eigenvalue weighted by molar-refractivity contribution is 6.01. The highest BCUT2D eigenvalue weighted by Gasteiger charge is 2.19. The number of amides is 2. The normalized spacial score (nSPS) is 14.9. The summed E-state index contributed by atoms with van der Waals surface area (Å²) in [5.74, 6) is 0.395. The molecule has 1 heterocycles. The van der Waals surface area contributed by atoms with Crippen LogP contribution in [0, 0.1) is 5.92 Å². The lowest BCUT2D eigenvalue weighted by molar-refractivity contribution is -0.115. The summed E-state index contributed by atoms with van der Waals surface area (Å²) < 4.78 is 0. The predicted molar refractivity (Wildman–Crippen MR) is 70.6 cm³/mol. The van der Waals surface area contributed by atoms with E-state index in [1.807, 2.05) is 0 Å². The van der Waals surface area contributed by atoms with Gasteiger partial charge in [0.05, 0.1) is 6.42 Å². The first-order valence-electron chi connectivity index (χ1n) is 6.31. The van der Waals surface area contributed by atoms with E-state index in [9.17, 15) is 9.59 Å². The average molecular weight is 246 g/mol. The molecular formula is C14H18N2O2. The SMILES string of the molecule is CCC(C)CNC(=O)c1ccc2c(c1)CC(=O)N2. The number of hydrogen-bond donors (Lipinski definition) is 2. The van der Waals surface area contributed by atoms with Gasteiger partial charge < -0.3 is 10.6 Å². The van der Waals surface area contributed by atoms with E-state index in [4.69, 9.17) is 0 Å². The first-order chi connectivity index (χ1) is 8.60. The number of nitrogens with one attached hydrogen (secondary N) is 2. The fourth-order valence-corrected chi connectivity index (χ4v) is 1.88. The van der Waals surface area contributed by atoms with Crippen LogP contribution < -0.4 is 10.6 Å². The molecule has 2 rings (SSSR count). The second-order valence-corrected chi connectivity index (χ2v) is 4.82. The van der Waals surface area contributed by atoms with Gasteiger partial charge in [-0.2, -0.15) is 0 Å². The summed E-state index contributed by atoms with van der Waals surface area (Å²) in [5.41, 5.74) is 2.34. The van der Waals surface area contributed by atoms with Crippen LogP contribution in [0.2, 0.25) is 0 Å². The molecule has 1 aliphatic rings. The van der Waals surface area contributed by atoms with Crippen molar-refractivity contribution in [2.75, 3.05) is 11.9 Å². The molecule has 1 aromatic carbocycles. The van der Waals surface area contributed by atoms with Gasteiger partial charge in [0.1, 0.15) is 0 Å². The number of fused-ring (bicyclic) bond motifs is 1. The summed E-state index contributed by atoms with van der Waals surface area (Å²) in [6, 6.07) is 5.33. The Morgan fingerprint density at radius 2 is 2.28 bits per heavy atom. The van der Waals surface area contributed by atoms with Gasteiger partial charge in [0.25, 0.3) is 5.91 Å². The molecule has 4 heteroatoms. The van der Waals surface area contributed by atoms with Crippen LogP contribution in [0.25, 0.3) is 0 Å². The molecule has 4 nitrogen and oxygen atoms in total. The first-order valence-corrected chi connectivity index (χ1v) is 6.31. The van der Waals surface area contributed by atoms with E-state index in [1.165, 1.54) is 0 Å². The van der Waals surface area contributed by atoms with Crippen LogP contribution in [0.5, 0.6) is 0 Å². The third-order valence-corrected chi connectivity index (χ3v) is 3.30. The first kappa shape index (κ1) is 12.6. The molecule has 1 aromatic rings. The topological polar surface area (TPSA) is 58.2 Å². The minimum atomic E-state index is -0.0718. The number of rotatable bonds is 4. The molecule has 2 N–H and O–H groups in total. The van der Waals surface area contributed by atoms with E-state index in [1.54, 1.807) is 18.2 Å². The maximum Gasteiger partial charge on any atom is 0.251 e. The smallest absolute Gasteiger partial charge is 0.251 e. The van der Waals surface area contributed by atoms with E-state index in [0.717, 1.165) is 17.7 Å². The lowest BCUT2D eigenvalue weighted by Crippen LogP contribution is -2.28. The molecular weight excluding hydrogens is 228 g/mol. The maximum absolute atomic E-state index is 11.9. The molecule has 0 fully saturated rings. The number of carbonyl (C=O) groups is 2. The van der Waals surface area contributed by atoms with Crippen molar-refractivity contribution in [3.8, 4) is 0 Å². The lowest BCUT2D eigenvalue weighted by Gasteiger charge is -2.10. The monoisotopic (exact) mass is 246 g/mol. The minimum Gasteiger partial charge on any atom is -0.352 e. The van der Waals surface area contributed by atoms with Gasteiger partial charge in [-0.15, -0.1) is 0 Å². The standard InChI is InChI=1S/C14H18N2O2/c1-3-9(2)8-15-14(18)10-4-5-12-11(6-10)7-13(17)16-12/h4-6,9H,3,7-8H2,1-2H3,(H,15,18)(H,16,17). The van der Waals surface area contributed by atoms with Crippen molar-refractivity contribution in [2.45, 2.75) is 26.7 Å². The maximum atomic E-state index is 11.9. The van der Waals surface area contributed by atoms with Crippen molar-refractivity contribution >= 4 is 17.5 Å². The van der Waals surface area contributed by atoms with Crippen molar-refractivity contribution in [1.29, 1.82) is 0 Å². The Morgan fingerprint density at radius 3 is 3.00 bits per heavy atom. The van der Waals surface area contributed by atoms with Crippen molar-refractivity contribution in [3.05, 3.63) is 29.3 Å². The van der Waals surface area contributed by atoms with Gasteiger partial charge in [-0.1, -0.05) is 20.3 Å². The van der Waals surface area contributed by atoms with Crippen LogP contribution in [0.4, 0.5) is 5.69 Å². The average Bonchev–Trinajstić information content (AvgIpc) is 2.74. The number of hydrogen-bond acceptors (Lipinski definition) is 2. The molecule has 2 amide bonds. The molecule has 1 unspecified atom stereocenters. The highest BCUT2D eigenvalue weighted by Crippen LogP contribution is 2.23. The minimum absolute atomic E-state index is 0.0119. The van der Waals surface area contributed by atoms with E-state index in [2.05, 4.69) is 24.5 Å². The molecule has 1 aliphatic heterocycles. The Kier molecular flexibility index (Phi) is 3.65. The quantitative estimate of drug-likeness (QED) is 0.853. The molecule has 0 saturated carbocycles. The van der Waals surface area contributed by atoms with E-state index in [-0.39, 0.29) is 11.8 Å². The third-order valence-electron chi connectivity index (χ3n) is 3.30. The van der Waals surface area contributed by atoms with Crippen LogP contribution in [-0.4, -0.2) is 18.4 Å². The Labute approximate surface area is 107 Å². The van der Waals surface area contributed by atoms with E-state index >= 15 is 0 Å². The summed E-state index contributed by atoms with van der Waals surface area (Å²) in [6.45, 7) is 4.89. The molecule has 0 aromatic heterocycles. The molecule has 0 spiro atoms. The Bertz CT molecular complexity index is 483. The number of anilines is 1. The zero-order valence-corrected chi connectivity index (χ0v) is 10.7. The van der Waals surface area contributed by atoms with Gasteiger partial charge in [0.2, 0.25) is 5.91 Å². The zero-order valence-electron chi connectivity index (χ0n) is 10.7. The Morgan fingerprint density at radius 1 is 1.50 bits per heavy atom. The summed E-state index contributed by atoms with van der Waals surface area (Å²) in [4.78, 5) is 23.2. The van der Waals surface area contributed by atoms with Crippen LogP contribution in [0.1, 0.15) is 36.2 Å². The fourth-order valence-electron chi connectivity index (χ4n) is 1.88. The van der Waals surface area contributed by atoms with Gasteiger partial charge >= 0.3 is 0 Å². The van der Waals surface area contributed by atoms with Crippen LogP contribution >= 0.6 is 0 Å². The summed E-state index contributed by atoms with van der Waals surface area (Å²) in [6.07, 6.45) is 1.41. The zero-order chi connectivity index (χ0) is 13.1. The summed E-state index contributed by atoms with van der Waals surface area (Å²) in [7, 11) is 0. The second-order valence-electron chi connectivity index (χ2n) is 4.82. The molecule has 0 aliphatic carbocycles. The highest BCUT2D eigenvalue weighted by atomic mass is 16.2. The Balaban J connectivity index is 2.04. The predicted octanol–water partition coefficient (Wildman–Crippen LogP) is 1.96. The summed E-state index contributed by atoms with van der Waals surface area (Å²) >= 11 is 0. The van der Waals surface area contributed by atoms with Crippen LogP contribution in [0.3, 0.4) is 0 Å². The summed E-state index contributed by atoms with van der Waals surface area (Å²) in [5, 5.41) is 5.66. The van der Waals surface area contributed by atoms with E-state index < -0.39 is 0 Å². The van der Waals surface area contributed by atoms with Gasteiger partial charge in [0.15, 0.2) is 0 Å². The number of carbonyl (C=O) groups excluding carboxylic acids is 2. The van der Waals surface area contributed by atoms with Crippen molar-refractivity contribution < 1.29 is 9.59 Å². The molecule has 18 heavy (non-hydrogen) atoms. The van der Waals surface area contributed by atoms with Gasteiger partial charge in [-0.05, 0) is 29.7 Å². The Hall–Kier alpha value is -1.84. The molecule has 0 saturated heterocycles. The second kappa shape index (κ2) is 5.21. The van der Waals surface area contributed by atoms with Crippen molar-refractivity contribution in [2.24, 2.45) is 5.92 Å². The van der Waals surface area contributed by atoms with Crippen molar-refractivity contribution in [1.82, 2.24) is 5.32 Å². The van der Waals surface area contributed by atoms with Gasteiger partial charge in [0, 0.05) is 17.8 Å². The largest absolute Gasteiger partial charge is 0.352 e. The van der Waals surface area contributed by atoms with E-state index in [0.29, 0.717) is 24.4 Å². The van der Waals surface area contributed by atoms with Gasteiger partial charge in [-0.3, -0.25) is 9.59 Å². The van der Waals surface area contributed by atoms with Crippen molar-refractivity contribution in [3.63, 3.8) is 0 Å². The molecule has 0 radical (unpaired) electrons. The van der Waals surface area contributed by atoms with Gasteiger partial charge in [-0.25, -0.2) is 0 Å². The van der Waals surface area contributed by atoms with Crippen LogP contribution in [-0.2, 0) is 11.2 Å². The molecule has 1 atom stereocenters. The molecule has 96 valence electrons. The fraction of sp³-hybridized carbons (Fsp3) is 0.429. The third kappa shape index (κ3) is 2.70. The van der Waals surface area contributed by atoms with Crippen LogP contribution in [0.15, 0.2) is 18.2 Å². The lowest BCUT2D eigenvalue weighted by atomic mass is 10.1. The number of benzene rings is 1. The molecule has 0 bridgehead atoms.